The molecule has 0 amide bonds. The van der Waals surface area contributed by atoms with Gasteiger partial charge in [-0.05, 0) is 12.1 Å². The summed E-state index contributed by atoms with van der Waals surface area (Å²) in [5.41, 5.74) is 2.79. The fourth-order valence-corrected chi connectivity index (χ4v) is 2.64. The molecule has 6 heteroatoms. The number of hydrogen-bond donors (Lipinski definition) is 2. The molecular formula is C19H17N5O. The van der Waals surface area contributed by atoms with Crippen molar-refractivity contribution in [1.29, 1.82) is 0 Å². The number of nitrogens with zero attached hydrogens (tertiary/aromatic N) is 3. The maximum absolute atomic E-state index is 12.3. The fourth-order valence-electron chi connectivity index (χ4n) is 2.64. The van der Waals surface area contributed by atoms with Crippen LogP contribution in [0.5, 0.6) is 0 Å². The van der Waals surface area contributed by atoms with Crippen LogP contribution in [0, 0.1) is 0 Å². The second-order valence-electron chi connectivity index (χ2n) is 5.71. The van der Waals surface area contributed by atoms with E-state index in [0.717, 1.165) is 16.9 Å². The van der Waals surface area contributed by atoms with Crippen molar-refractivity contribution in [2.45, 2.75) is 6.42 Å². The molecule has 6 nitrogen and oxygen atoms in total. The summed E-state index contributed by atoms with van der Waals surface area (Å²) >= 11 is 0. The standard InChI is InChI=1S/C19H17N5O/c25-17-12-11-16(13-20-15-9-5-2-6-10-15)21-19-22-18(23-24(17)19)14-7-3-1-4-8-14/h1-11,20H,12-13H2,(H,21,22,23). The number of carbonyl (C=O) groups is 1. The van der Waals surface area contributed by atoms with Crippen LogP contribution >= 0.6 is 0 Å². The summed E-state index contributed by atoms with van der Waals surface area (Å²) in [5.74, 6) is 0.878. The molecule has 0 aliphatic carbocycles. The molecule has 0 atom stereocenters. The molecule has 0 bridgehead atoms. The number of benzene rings is 2. The molecule has 0 saturated carbocycles. The molecule has 0 spiro atoms. The average Bonchev–Trinajstić information content (AvgIpc) is 3.03. The van der Waals surface area contributed by atoms with Gasteiger partial charge in [0.15, 0.2) is 5.82 Å². The van der Waals surface area contributed by atoms with E-state index in [1.807, 2.05) is 66.7 Å². The van der Waals surface area contributed by atoms with Gasteiger partial charge in [-0.15, -0.1) is 5.10 Å². The first-order valence-corrected chi connectivity index (χ1v) is 8.10. The molecule has 3 aromatic rings. The number of aromatic nitrogens is 3. The molecule has 2 heterocycles. The van der Waals surface area contributed by atoms with Crippen molar-refractivity contribution in [3.05, 3.63) is 72.4 Å². The summed E-state index contributed by atoms with van der Waals surface area (Å²) in [6.07, 6.45) is 2.15. The van der Waals surface area contributed by atoms with Crippen LogP contribution in [-0.4, -0.2) is 27.2 Å². The molecule has 0 fully saturated rings. The van der Waals surface area contributed by atoms with Gasteiger partial charge in [0.05, 0.1) is 6.54 Å². The van der Waals surface area contributed by atoms with Crippen molar-refractivity contribution in [1.82, 2.24) is 14.8 Å². The van der Waals surface area contributed by atoms with E-state index in [1.165, 1.54) is 4.68 Å². The van der Waals surface area contributed by atoms with Gasteiger partial charge in [-0.1, -0.05) is 54.6 Å². The first-order valence-electron chi connectivity index (χ1n) is 8.10. The summed E-state index contributed by atoms with van der Waals surface area (Å²) < 4.78 is 1.34. The lowest BCUT2D eigenvalue weighted by Gasteiger charge is -2.10. The van der Waals surface area contributed by atoms with E-state index in [1.54, 1.807) is 0 Å². The van der Waals surface area contributed by atoms with Gasteiger partial charge in [-0.25, -0.2) is 0 Å². The highest BCUT2D eigenvalue weighted by Crippen LogP contribution is 2.21. The molecule has 1 aliphatic rings. The van der Waals surface area contributed by atoms with E-state index in [9.17, 15) is 4.79 Å². The summed E-state index contributed by atoms with van der Waals surface area (Å²) in [5, 5.41) is 10.9. The zero-order chi connectivity index (χ0) is 17.1. The largest absolute Gasteiger partial charge is 0.379 e. The van der Waals surface area contributed by atoms with Gasteiger partial charge in [0, 0.05) is 23.4 Å². The lowest BCUT2D eigenvalue weighted by atomic mass is 10.2. The van der Waals surface area contributed by atoms with Crippen LogP contribution in [0.2, 0.25) is 0 Å². The Bertz CT molecular complexity index is 916. The lowest BCUT2D eigenvalue weighted by molar-refractivity contribution is 0.0905. The van der Waals surface area contributed by atoms with E-state index < -0.39 is 0 Å². The number of fused-ring (bicyclic) bond motifs is 1. The Morgan fingerprint density at radius 2 is 1.76 bits per heavy atom. The van der Waals surface area contributed by atoms with Gasteiger partial charge >= 0.3 is 0 Å². The highest BCUT2D eigenvalue weighted by Gasteiger charge is 2.20. The van der Waals surface area contributed by atoms with Gasteiger partial charge < -0.3 is 10.6 Å². The smallest absolute Gasteiger partial charge is 0.253 e. The van der Waals surface area contributed by atoms with Crippen LogP contribution in [0.25, 0.3) is 11.4 Å². The summed E-state index contributed by atoms with van der Waals surface area (Å²) in [7, 11) is 0. The molecule has 0 radical (unpaired) electrons. The molecular weight excluding hydrogens is 314 g/mol. The van der Waals surface area contributed by atoms with E-state index in [2.05, 4.69) is 20.7 Å². The maximum atomic E-state index is 12.3. The minimum Gasteiger partial charge on any atom is -0.379 e. The SMILES string of the molecule is O=C1CC=C(CNc2ccccc2)Nc2nc(-c3ccccc3)nn21. The van der Waals surface area contributed by atoms with E-state index in [0.29, 0.717) is 18.3 Å². The third kappa shape index (κ3) is 3.28. The van der Waals surface area contributed by atoms with Gasteiger partial charge in [0.25, 0.3) is 5.91 Å². The van der Waals surface area contributed by atoms with Crippen molar-refractivity contribution in [3.8, 4) is 11.4 Å². The van der Waals surface area contributed by atoms with Crippen molar-refractivity contribution < 1.29 is 4.79 Å². The fraction of sp³-hybridized carbons (Fsp3) is 0.105. The van der Waals surface area contributed by atoms with Crippen molar-refractivity contribution in [3.63, 3.8) is 0 Å². The van der Waals surface area contributed by atoms with E-state index in [4.69, 9.17) is 0 Å². The van der Waals surface area contributed by atoms with Crippen LogP contribution in [0.1, 0.15) is 11.2 Å². The summed E-state index contributed by atoms with van der Waals surface area (Å²) in [6.45, 7) is 0.574. The maximum Gasteiger partial charge on any atom is 0.253 e. The molecule has 1 aromatic heterocycles. The van der Waals surface area contributed by atoms with Crippen molar-refractivity contribution >= 4 is 17.5 Å². The third-order valence-electron chi connectivity index (χ3n) is 3.93. The van der Waals surface area contributed by atoms with Gasteiger partial charge in [0.1, 0.15) is 0 Å². The Balaban J connectivity index is 1.55. The highest BCUT2D eigenvalue weighted by atomic mass is 16.2. The van der Waals surface area contributed by atoms with Gasteiger partial charge in [0.2, 0.25) is 5.95 Å². The number of nitrogens with one attached hydrogen (secondary N) is 2. The predicted octanol–water partition coefficient (Wildman–Crippen LogP) is 3.40. The molecule has 4 rings (SSSR count). The first kappa shape index (κ1) is 15.1. The summed E-state index contributed by atoms with van der Waals surface area (Å²) in [4.78, 5) is 16.8. The number of rotatable bonds is 4. The quantitative estimate of drug-likeness (QED) is 0.767. The summed E-state index contributed by atoms with van der Waals surface area (Å²) in [6, 6.07) is 19.5. The van der Waals surface area contributed by atoms with Crippen LogP contribution < -0.4 is 10.6 Å². The Labute approximate surface area is 145 Å². The molecule has 0 saturated heterocycles. The van der Waals surface area contributed by atoms with Crippen molar-refractivity contribution in [2.75, 3.05) is 17.2 Å². The zero-order valence-electron chi connectivity index (χ0n) is 13.5. The second kappa shape index (κ2) is 6.60. The number of allylic oxidation sites excluding steroid dienone is 1. The van der Waals surface area contributed by atoms with Crippen LogP contribution in [-0.2, 0) is 0 Å². The Hall–Kier alpha value is -3.41. The predicted molar refractivity (Wildman–Crippen MR) is 97.3 cm³/mol. The topological polar surface area (TPSA) is 71.8 Å². The van der Waals surface area contributed by atoms with Gasteiger partial charge in [-0.2, -0.15) is 9.67 Å². The molecule has 25 heavy (non-hydrogen) atoms. The first-order chi connectivity index (χ1) is 12.3. The van der Waals surface area contributed by atoms with Crippen molar-refractivity contribution in [2.24, 2.45) is 0 Å². The van der Waals surface area contributed by atoms with E-state index >= 15 is 0 Å². The minimum absolute atomic E-state index is 0.105. The van der Waals surface area contributed by atoms with Gasteiger partial charge in [-0.3, -0.25) is 4.79 Å². The number of hydrogen-bond acceptors (Lipinski definition) is 5. The Kier molecular flexibility index (Phi) is 4.00. The Morgan fingerprint density at radius 1 is 1.04 bits per heavy atom. The lowest BCUT2D eigenvalue weighted by Crippen LogP contribution is -2.14. The Morgan fingerprint density at radius 3 is 2.52 bits per heavy atom. The minimum atomic E-state index is -0.105. The second-order valence-corrected chi connectivity index (χ2v) is 5.71. The van der Waals surface area contributed by atoms with Crippen LogP contribution in [0.4, 0.5) is 11.6 Å². The zero-order valence-corrected chi connectivity index (χ0v) is 13.5. The highest BCUT2D eigenvalue weighted by molar-refractivity contribution is 5.84. The molecule has 1 aliphatic heterocycles. The third-order valence-corrected chi connectivity index (χ3v) is 3.93. The van der Waals surface area contributed by atoms with Crippen LogP contribution in [0.15, 0.2) is 72.4 Å². The molecule has 0 unspecified atom stereocenters. The number of para-hydroxylation sites is 1. The van der Waals surface area contributed by atoms with Crippen LogP contribution in [0.3, 0.4) is 0 Å². The molecule has 2 aromatic carbocycles. The number of anilines is 2. The normalized spacial score (nSPS) is 13.4. The molecule has 124 valence electrons. The van der Waals surface area contributed by atoms with E-state index in [-0.39, 0.29) is 12.3 Å². The monoisotopic (exact) mass is 331 g/mol. The number of carbonyl (C=O) groups excluding carboxylic acids is 1. The average molecular weight is 331 g/mol. The molecule has 2 N–H and O–H groups in total.